The summed E-state index contributed by atoms with van der Waals surface area (Å²) < 4.78 is 1.57. The molecule has 0 spiro atoms. The Hall–Kier alpha value is -3.93. The summed E-state index contributed by atoms with van der Waals surface area (Å²) in [6, 6.07) is 19.9. The lowest BCUT2D eigenvalue weighted by molar-refractivity contribution is 0.475. The van der Waals surface area contributed by atoms with Crippen LogP contribution in [-0.4, -0.2) is 20.4 Å². The highest BCUT2D eigenvalue weighted by Crippen LogP contribution is 2.21. The molecule has 0 radical (unpaired) electrons. The molecule has 0 unspecified atom stereocenters. The van der Waals surface area contributed by atoms with Crippen molar-refractivity contribution >= 4 is 22.6 Å². The van der Waals surface area contributed by atoms with E-state index in [1.54, 1.807) is 34.9 Å². The van der Waals surface area contributed by atoms with Crippen molar-refractivity contribution in [2.45, 2.75) is 20.8 Å². The number of aromatic hydroxyl groups is 1. The van der Waals surface area contributed by atoms with Gasteiger partial charge in [0.05, 0.1) is 22.3 Å². The summed E-state index contributed by atoms with van der Waals surface area (Å²) in [5, 5.41) is 14.5. The van der Waals surface area contributed by atoms with Crippen LogP contribution < -0.4 is 11.0 Å². The van der Waals surface area contributed by atoms with Gasteiger partial charge in [-0.25, -0.2) is 15.0 Å². The minimum atomic E-state index is -0.158. The maximum absolute atomic E-state index is 13.4. The summed E-state index contributed by atoms with van der Waals surface area (Å²) >= 11 is 0. The molecule has 0 atom stereocenters. The largest absolute Gasteiger partial charge is 0.508 e. The monoisotopic (exact) mass is 398 g/mol. The van der Waals surface area contributed by atoms with E-state index >= 15 is 0 Å². The second-order valence-corrected chi connectivity index (χ2v) is 7.17. The molecule has 2 N–H and O–H groups in total. The summed E-state index contributed by atoms with van der Waals surface area (Å²) in [6.07, 6.45) is 0. The molecule has 4 rings (SSSR count). The molecule has 30 heavy (non-hydrogen) atoms. The van der Waals surface area contributed by atoms with Crippen LogP contribution in [0.1, 0.15) is 23.6 Å². The third kappa shape index (κ3) is 3.55. The van der Waals surface area contributed by atoms with Crippen LogP contribution in [0, 0.1) is 13.8 Å². The molecular formula is C24H22N4O2. The zero-order valence-electron chi connectivity index (χ0n) is 17.0. The number of hydrogen-bond donors (Lipinski definition) is 2. The van der Waals surface area contributed by atoms with Gasteiger partial charge in [0.15, 0.2) is 0 Å². The second-order valence-electron chi connectivity index (χ2n) is 7.17. The van der Waals surface area contributed by atoms with E-state index in [-0.39, 0.29) is 11.3 Å². The average molecular weight is 398 g/mol. The number of benzene rings is 3. The van der Waals surface area contributed by atoms with Gasteiger partial charge in [-0.15, -0.1) is 0 Å². The number of fused-ring (bicyclic) bond motifs is 1. The van der Waals surface area contributed by atoms with Gasteiger partial charge in [-0.1, -0.05) is 24.3 Å². The predicted octanol–water partition coefficient (Wildman–Crippen LogP) is 4.54. The first-order valence-corrected chi connectivity index (χ1v) is 9.64. The molecule has 1 aromatic heterocycles. The van der Waals surface area contributed by atoms with Gasteiger partial charge in [0, 0.05) is 0 Å². The van der Waals surface area contributed by atoms with Gasteiger partial charge in [-0.05, 0) is 79.9 Å². The summed E-state index contributed by atoms with van der Waals surface area (Å²) in [5.41, 5.74) is 7.82. The van der Waals surface area contributed by atoms with Gasteiger partial charge >= 0.3 is 0 Å². The first kappa shape index (κ1) is 19.4. The van der Waals surface area contributed by atoms with Gasteiger partial charge in [0.1, 0.15) is 5.75 Å². The molecule has 6 heteroatoms. The fraction of sp³-hybridized carbons (Fsp3) is 0.125. The van der Waals surface area contributed by atoms with Crippen LogP contribution in [-0.2, 0) is 0 Å². The maximum atomic E-state index is 13.4. The normalized spacial score (nSPS) is 11.6. The van der Waals surface area contributed by atoms with Gasteiger partial charge in [-0.3, -0.25) is 4.79 Å². The Bertz CT molecular complexity index is 1320. The molecule has 0 aliphatic heterocycles. The molecule has 3 aromatic carbocycles. The average Bonchev–Trinajstić information content (AvgIpc) is 2.75. The first-order chi connectivity index (χ1) is 14.5. The number of hydrazone groups is 1. The molecule has 0 aliphatic rings. The van der Waals surface area contributed by atoms with Crippen molar-refractivity contribution < 1.29 is 5.11 Å². The summed E-state index contributed by atoms with van der Waals surface area (Å²) in [5.74, 6) is 0.532. The van der Waals surface area contributed by atoms with Crippen LogP contribution in [0.15, 0.2) is 76.6 Å². The van der Waals surface area contributed by atoms with E-state index in [2.05, 4.69) is 15.5 Å². The van der Waals surface area contributed by atoms with Crippen LogP contribution in [0.3, 0.4) is 0 Å². The zero-order valence-corrected chi connectivity index (χ0v) is 17.0. The number of aryl methyl sites for hydroxylation is 1. The number of anilines is 1. The van der Waals surface area contributed by atoms with E-state index in [0.29, 0.717) is 22.6 Å². The lowest BCUT2D eigenvalue weighted by atomic mass is 10.1. The molecule has 4 aromatic rings. The third-order valence-corrected chi connectivity index (χ3v) is 5.20. The molecule has 150 valence electrons. The molecule has 0 bridgehead atoms. The van der Waals surface area contributed by atoms with E-state index in [9.17, 15) is 9.90 Å². The SMILES string of the molecule is C/C(=N\Nc1nc2ccccc2c(=O)n1-c1cccc(C)c1C)c1ccc(O)cc1. The molecule has 0 fully saturated rings. The topological polar surface area (TPSA) is 79.5 Å². The Morgan fingerprint density at radius 3 is 2.50 bits per heavy atom. The van der Waals surface area contributed by atoms with Crippen molar-refractivity contribution in [3.8, 4) is 11.4 Å². The minimum Gasteiger partial charge on any atom is -0.508 e. The molecule has 1 heterocycles. The molecule has 0 aliphatic carbocycles. The van der Waals surface area contributed by atoms with E-state index in [1.165, 1.54) is 0 Å². The number of hydrogen-bond acceptors (Lipinski definition) is 5. The number of nitrogens with one attached hydrogen (secondary N) is 1. The Kier molecular flexibility index (Phi) is 5.06. The molecule has 0 saturated heterocycles. The Labute approximate surface area is 174 Å². The van der Waals surface area contributed by atoms with Crippen LogP contribution in [0.2, 0.25) is 0 Å². The van der Waals surface area contributed by atoms with Crippen molar-refractivity contribution in [1.29, 1.82) is 0 Å². The number of phenolic OH excluding ortho intramolecular Hbond substituents is 1. The Morgan fingerprint density at radius 2 is 1.73 bits per heavy atom. The number of nitrogens with zero attached hydrogens (tertiary/aromatic N) is 3. The third-order valence-electron chi connectivity index (χ3n) is 5.20. The lowest BCUT2D eigenvalue weighted by Crippen LogP contribution is -2.23. The zero-order chi connectivity index (χ0) is 21.3. The standard InChI is InChI=1S/C24H22N4O2/c1-15-7-6-10-22(16(15)2)28-23(30)20-8-4-5-9-21(20)25-24(28)27-26-17(3)18-11-13-19(29)14-12-18/h4-14,29H,1-3H3,(H,25,27)/b26-17+. The Morgan fingerprint density at radius 1 is 1.00 bits per heavy atom. The smallest absolute Gasteiger partial charge is 0.267 e. The van der Waals surface area contributed by atoms with Gasteiger partial charge < -0.3 is 5.11 Å². The Balaban J connectivity index is 1.88. The van der Waals surface area contributed by atoms with Crippen LogP contribution in [0.25, 0.3) is 16.6 Å². The summed E-state index contributed by atoms with van der Waals surface area (Å²) in [6.45, 7) is 5.85. The van der Waals surface area contributed by atoms with Gasteiger partial charge in [0.2, 0.25) is 5.95 Å². The maximum Gasteiger partial charge on any atom is 0.267 e. The number of rotatable bonds is 4. The quantitative estimate of drug-likeness (QED) is 0.391. The lowest BCUT2D eigenvalue weighted by Gasteiger charge is -2.16. The molecule has 0 saturated carbocycles. The van der Waals surface area contributed by atoms with Crippen LogP contribution in [0.4, 0.5) is 5.95 Å². The van der Waals surface area contributed by atoms with Crippen LogP contribution >= 0.6 is 0 Å². The summed E-state index contributed by atoms with van der Waals surface area (Å²) in [7, 11) is 0. The minimum absolute atomic E-state index is 0.158. The highest BCUT2D eigenvalue weighted by atomic mass is 16.3. The molecule has 0 amide bonds. The fourth-order valence-corrected chi connectivity index (χ4v) is 3.31. The highest BCUT2D eigenvalue weighted by molar-refractivity contribution is 5.99. The second kappa shape index (κ2) is 7.83. The van der Waals surface area contributed by atoms with Gasteiger partial charge in [-0.2, -0.15) is 5.10 Å². The number of aromatic nitrogens is 2. The highest BCUT2D eigenvalue weighted by Gasteiger charge is 2.15. The van der Waals surface area contributed by atoms with Crippen molar-refractivity contribution in [3.05, 3.63) is 93.8 Å². The van der Waals surface area contributed by atoms with Crippen molar-refractivity contribution in [2.75, 3.05) is 5.43 Å². The van der Waals surface area contributed by atoms with E-state index in [4.69, 9.17) is 0 Å². The van der Waals surface area contributed by atoms with E-state index in [1.807, 2.05) is 57.2 Å². The van der Waals surface area contributed by atoms with E-state index < -0.39 is 0 Å². The van der Waals surface area contributed by atoms with E-state index in [0.717, 1.165) is 22.4 Å². The number of para-hydroxylation sites is 1. The molecule has 6 nitrogen and oxygen atoms in total. The van der Waals surface area contributed by atoms with Crippen molar-refractivity contribution in [2.24, 2.45) is 5.10 Å². The number of phenols is 1. The summed E-state index contributed by atoms with van der Waals surface area (Å²) in [4.78, 5) is 18.0. The van der Waals surface area contributed by atoms with Crippen molar-refractivity contribution in [3.63, 3.8) is 0 Å². The van der Waals surface area contributed by atoms with Crippen molar-refractivity contribution in [1.82, 2.24) is 9.55 Å². The first-order valence-electron chi connectivity index (χ1n) is 9.64. The van der Waals surface area contributed by atoms with Gasteiger partial charge in [0.25, 0.3) is 5.56 Å². The van der Waals surface area contributed by atoms with Crippen LogP contribution in [0.5, 0.6) is 5.75 Å². The fourth-order valence-electron chi connectivity index (χ4n) is 3.31. The molecular weight excluding hydrogens is 376 g/mol. The predicted molar refractivity (Wildman–Crippen MR) is 121 cm³/mol.